The lowest BCUT2D eigenvalue weighted by Gasteiger charge is -2.36. The van der Waals surface area contributed by atoms with Gasteiger partial charge in [0.05, 0.1) is 0 Å². The smallest absolute Gasteiger partial charge is 0.124 e. The van der Waals surface area contributed by atoms with Crippen molar-refractivity contribution < 1.29 is 4.39 Å². The monoisotopic (exact) mass is 314 g/mol. The van der Waals surface area contributed by atoms with Gasteiger partial charge in [0.15, 0.2) is 0 Å². The van der Waals surface area contributed by atoms with Crippen molar-refractivity contribution in [3.8, 4) is 0 Å². The fraction of sp³-hybridized carbons (Fsp3) is 0.571. The molecular formula is C14H20BrFN2. The number of nitrogens with one attached hydrogen (secondary N) is 1. The van der Waals surface area contributed by atoms with Gasteiger partial charge in [-0.05, 0) is 30.2 Å². The number of benzene rings is 1. The molecule has 100 valence electrons. The van der Waals surface area contributed by atoms with E-state index in [0.717, 1.165) is 36.2 Å². The number of hydrogen-bond donors (Lipinski definition) is 1. The van der Waals surface area contributed by atoms with Gasteiger partial charge in [0.2, 0.25) is 0 Å². The Bertz CT molecular complexity index is 375. The maximum absolute atomic E-state index is 13.4. The zero-order valence-corrected chi connectivity index (χ0v) is 12.3. The highest BCUT2D eigenvalue weighted by Gasteiger charge is 2.21. The Balaban J connectivity index is 2.05. The molecule has 0 spiro atoms. The molecule has 4 heteroatoms. The molecule has 18 heavy (non-hydrogen) atoms. The van der Waals surface area contributed by atoms with Crippen molar-refractivity contribution >= 4 is 15.9 Å². The molecule has 2 rings (SSSR count). The molecule has 1 N–H and O–H groups in total. The van der Waals surface area contributed by atoms with Gasteiger partial charge in [-0.1, -0.05) is 29.3 Å². The van der Waals surface area contributed by atoms with E-state index < -0.39 is 0 Å². The summed E-state index contributed by atoms with van der Waals surface area (Å²) in [4.78, 5) is 2.46. The number of nitrogens with zero attached hydrogens (tertiary/aromatic N) is 1. The highest BCUT2D eigenvalue weighted by atomic mass is 79.9. The van der Waals surface area contributed by atoms with Crippen LogP contribution in [0.3, 0.4) is 0 Å². The summed E-state index contributed by atoms with van der Waals surface area (Å²) in [6, 6.07) is 5.72. The van der Waals surface area contributed by atoms with Crippen LogP contribution in [-0.2, 0) is 6.54 Å². The Hall–Kier alpha value is -0.450. The third kappa shape index (κ3) is 3.77. The second kappa shape index (κ2) is 6.64. The van der Waals surface area contributed by atoms with Crippen LogP contribution in [0, 0.1) is 5.82 Å². The van der Waals surface area contributed by atoms with Gasteiger partial charge < -0.3 is 5.32 Å². The molecular weight excluding hydrogens is 295 g/mol. The van der Waals surface area contributed by atoms with Gasteiger partial charge in [-0.2, -0.15) is 0 Å². The second-order valence-electron chi connectivity index (χ2n) is 4.89. The van der Waals surface area contributed by atoms with Crippen LogP contribution < -0.4 is 5.32 Å². The zero-order chi connectivity index (χ0) is 13.0. The molecule has 0 saturated carbocycles. The van der Waals surface area contributed by atoms with Crippen molar-refractivity contribution in [2.75, 3.05) is 19.6 Å². The summed E-state index contributed by atoms with van der Waals surface area (Å²) >= 11 is 3.35. The molecule has 1 fully saturated rings. The average molecular weight is 315 g/mol. The fourth-order valence-electron chi connectivity index (χ4n) is 2.57. The van der Waals surface area contributed by atoms with Crippen molar-refractivity contribution in [1.29, 1.82) is 0 Å². The molecule has 2 nitrogen and oxygen atoms in total. The Morgan fingerprint density at radius 2 is 2.28 bits per heavy atom. The molecule has 1 atom stereocenters. The van der Waals surface area contributed by atoms with Crippen molar-refractivity contribution in [3.05, 3.63) is 34.1 Å². The first-order valence-electron chi connectivity index (χ1n) is 6.58. The summed E-state index contributed by atoms with van der Waals surface area (Å²) in [5, 5.41) is 3.43. The van der Waals surface area contributed by atoms with Crippen molar-refractivity contribution in [2.45, 2.75) is 32.4 Å². The van der Waals surface area contributed by atoms with Crippen LogP contribution in [0.15, 0.2) is 22.7 Å². The third-order valence-corrected chi connectivity index (χ3v) is 3.86. The number of hydrogen-bond acceptors (Lipinski definition) is 2. The standard InChI is InChI=1S/C14H20BrFN2/c1-2-3-14-9-17-4-5-18(14)10-11-6-12(15)8-13(16)7-11/h6-8,14,17H,2-5,9-10H2,1H3. The molecule has 1 aromatic carbocycles. The van der Waals surface area contributed by atoms with Gasteiger partial charge in [-0.25, -0.2) is 4.39 Å². The maximum Gasteiger partial charge on any atom is 0.124 e. The van der Waals surface area contributed by atoms with Crippen LogP contribution in [0.4, 0.5) is 4.39 Å². The molecule has 0 aromatic heterocycles. The van der Waals surface area contributed by atoms with Gasteiger partial charge in [-0.3, -0.25) is 4.90 Å². The lowest BCUT2D eigenvalue weighted by atomic mass is 10.1. The quantitative estimate of drug-likeness (QED) is 0.918. The average Bonchev–Trinajstić information content (AvgIpc) is 2.30. The minimum Gasteiger partial charge on any atom is -0.314 e. The normalized spacial score (nSPS) is 21.2. The van der Waals surface area contributed by atoms with Crippen LogP contribution in [0.2, 0.25) is 0 Å². The summed E-state index contributed by atoms with van der Waals surface area (Å²) in [5.41, 5.74) is 1.05. The van der Waals surface area contributed by atoms with Crippen LogP contribution >= 0.6 is 15.9 Å². The summed E-state index contributed by atoms with van der Waals surface area (Å²) in [5.74, 6) is -0.165. The Labute approximate surface area is 117 Å². The second-order valence-corrected chi connectivity index (χ2v) is 5.81. The Morgan fingerprint density at radius 1 is 1.44 bits per heavy atom. The molecule has 1 unspecified atom stereocenters. The first kappa shape index (κ1) is 14.0. The predicted octanol–water partition coefficient (Wildman–Crippen LogP) is 3.16. The van der Waals surface area contributed by atoms with E-state index >= 15 is 0 Å². The number of halogens is 2. The fourth-order valence-corrected chi connectivity index (χ4v) is 3.08. The van der Waals surface area contributed by atoms with Crippen LogP contribution in [0.5, 0.6) is 0 Å². The van der Waals surface area contributed by atoms with E-state index in [1.165, 1.54) is 18.9 Å². The van der Waals surface area contributed by atoms with Gasteiger partial charge in [-0.15, -0.1) is 0 Å². The minimum absolute atomic E-state index is 0.165. The molecule has 1 aromatic rings. The summed E-state index contributed by atoms with van der Waals surface area (Å²) in [6.45, 7) is 6.16. The highest BCUT2D eigenvalue weighted by Crippen LogP contribution is 2.19. The lowest BCUT2D eigenvalue weighted by Crippen LogP contribution is -2.50. The van der Waals surface area contributed by atoms with Gasteiger partial charge in [0, 0.05) is 36.7 Å². The highest BCUT2D eigenvalue weighted by molar-refractivity contribution is 9.10. The Morgan fingerprint density at radius 3 is 3.00 bits per heavy atom. The molecule has 0 bridgehead atoms. The first-order chi connectivity index (χ1) is 8.69. The molecule has 1 heterocycles. The van der Waals surface area contributed by atoms with Crippen molar-refractivity contribution in [2.24, 2.45) is 0 Å². The van der Waals surface area contributed by atoms with E-state index in [0.29, 0.717) is 6.04 Å². The van der Waals surface area contributed by atoms with E-state index in [-0.39, 0.29) is 5.82 Å². The van der Waals surface area contributed by atoms with Crippen molar-refractivity contribution in [3.63, 3.8) is 0 Å². The number of piperazine rings is 1. The van der Waals surface area contributed by atoms with Crippen LogP contribution in [0.1, 0.15) is 25.3 Å². The van der Waals surface area contributed by atoms with Crippen molar-refractivity contribution in [1.82, 2.24) is 10.2 Å². The number of rotatable bonds is 4. The maximum atomic E-state index is 13.4. The van der Waals surface area contributed by atoms with E-state index in [9.17, 15) is 4.39 Å². The molecule has 0 amide bonds. The topological polar surface area (TPSA) is 15.3 Å². The Kier molecular flexibility index (Phi) is 5.15. The van der Waals surface area contributed by atoms with Gasteiger partial charge in [0.25, 0.3) is 0 Å². The largest absolute Gasteiger partial charge is 0.314 e. The summed E-state index contributed by atoms with van der Waals surface area (Å²) in [6.07, 6.45) is 2.39. The molecule has 0 radical (unpaired) electrons. The van der Waals surface area contributed by atoms with E-state index in [1.807, 2.05) is 6.07 Å². The van der Waals surface area contributed by atoms with E-state index in [2.05, 4.69) is 33.1 Å². The van der Waals surface area contributed by atoms with Crippen LogP contribution in [-0.4, -0.2) is 30.6 Å². The van der Waals surface area contributed by atoms with E-state index in [1.54, 1.807) is 6.07 Å². The molecule has 1 aliphatic rings. The van der Waals surface area contributed by atoms with Gasteiger partial charge in [0.1, 0.15) is 5.82 Å². The summed E-state index contributed by atoms with van der Waals surface area (Å²) < 4.78 is 14.2. The zero-order valence-electron chi connectivity index (χ0n) is 10.8. The third-order valence-electron chi connectivity index (χ3n) is 3.40. The predicted molar refractivity (Wildman–Crippen MR) is 76.1 cm³/mol. The minimum atomic E-state index is -0.165. The summed E-state index contributed by atoms with van der Waals surface area (Å²) in [7, 11) is 0. The molecule has 1 saturated heterocycles. The molecule has 1 aliphatic heterocycles. The van der Waals surface area contributed by atoms with Crippen LogP contribution in [0.25, 0.3) is 0 Å². The lowest BCUT2D eigenvalue weighted by molar-refractivity contribution is 0.144. The van der Waals surface area contributed by atoms with Gasteiger partial charge >= 0.3 is 0 Å². The first-order valence-corrected chi connectivity index (χ1v) is 7.38. The molecule has 0 aliphatic carbocycles. The SMILES string of the molecule is CCCC1CNCCN1Cc1cc(F)cc(Br)c1. The van der Waals surface area contributed by atoms with E-state index in [4.69, 9.17) is 0 Å².